The first-order valence-electron chi connectivity index (χ1n) is 4.90. The van der Waals surface area contributed by atoms with E-state index >= 15 is 0 Å². The molecule has 0 unspecified atom stereocenters. The van der Waals surface area contributed by atoms with Gasteiger partial charge in [0.2, 0.25) is 0 Å². The molecule has 0 saturated heterocycles. The molecule has 6 heteroatoms. The van der Waals surface area contributed by atoms with Gasteiger partial charge in [-0.1, -0.05) is 12.1 Å². The lowest BCUT2D eigenvalue weighted by molar-refractivity contribution is -0.138. The molecule has 0 fully saturated rings. The number of carbonyl (C=O) groups excluding carboxylic acids is 1. The van der Waals surface area contributed by atoms with Crippen molar-refractivity contribution in [1.29, 1.82) is 0 Å². The van der Waals surface area contributed by atoms with Crippen LogP contribution in [0, 0.1) is 0 Å². The van der Waals surface area contributed by atoms with E-state index in [1.807, 2.05) is 0 Å². The molecule has 0 spiro atoms. The highest BCUT2D eigenvalue weighted by Crippen LogP contribution is 2.29. The molecule has 0 aliphatic carbocycles. The zero-order valence-electron chi connectivity index (χ0n) is 9.42. The number of alkyl halides is 4. The van der Waals surface area contributed by atoms with Gasteiger partial charge in [-0.2, -0.15) is 13.2 Å². The van der Waals surface area contributed by atoms with E-state index in [0.717, 1.165) is 12.1 Å². The van der Waals surface area contributed by atoms with Crippen LogP contribution in [0.15, 0.2) is 29.8 Å². The Morgan fingerprint density at radius 2 is 1.89 bits per heavy atom. The highest BCUT2D eigenvalue weighted by molar-refractivity contribution is 6.23. The molecule has 18 heavy (non-hydrogen) atoms. The molecule has 0 atom stereocenters. The van der Waals surface area contributed by atoms with Crippen molar-refractivity contribution in [3.05, 3.63) is 41.0 Å². The van der Waals surface area contributed by atoms with Gasteiger partial charge in [-0.15, -0.1) is 11.6 Å². The third-order valence-corrected chi connectivity index (χ3v) is 2.46. The van der Waals surface area contributed by atoms with Crippen molar-refractivity contribution >= 4 is 23.6 Å². The Morgan fingerprint density at radius 3 is 2.28 bits per heavy atom. The van der Waals surface area contributed by atoms with Gasteiger partial charge in [0.1, 0.15) is 0 Å². The second-order valence-electron chi connectivity index (χ2n) is 3.41. The molecule has 1 aromatic carbocycles. The quantitative estimate of drug-likeness (QED) is 0.480. The van der Waals surface area contributed by atoms with Gasteiger partial charge in [-0.3, -0.25) is 0 Å². The molecule has 0 N–H and O–H groups in total. The van der Waals surface area contributed by atoms with Gasteiger partial charge in [0.05, 0.1) is 24.1 Å². The fourth-order valence-electron chi connectivity index (χ4n) is 1.25. The molecule has 0 aromatic heterocycles. The summed E-state index contributed by atoms with van der Waals surface area (Å²) in [6.45, 7) is 0. The van der Waals surface area contributed by atoms with Gasteiger partial charge in [0.15, 0.2) is 0 Å². The van der Waals surface area contributed by atoms with Crippen molar-refractivity contribution < 1.29 is 22.7 Å². The summed E-state index contributed by atoms with van der Waals surface area (Å²) in [6, 6.07) is 4.40. The zero-order valence-corrected chi connectivity index (χ0v) is 10.2. The van der Waals surface area contributed by atoms with Crippen molar-refractivity contribution in [2.45, 2.75) is 6.18 Å². The Bertz CT molecular complexity index is 449. The summed E-state index contributed by atoms with van der Waals surface area (Å²) in [6.07, 6.45) is -2.99. The molecule has 1 rings (SSSR count). The lowest BCUT2D eigenvalue weighted by Crippen LogP contribution is -2.06. The second-order valence-corrected chi connectivity index (χ2v) is 3.68. The number of rotatable bonds is 3. The Morgan fingerprint density at radius 1 is 1.33 bits per heavy atom. The van der Waals surface area contributed by atoms with Gasteiger partial charge in [0.25, 0.3) is 0 Å². The van der Waals surface area contributed by atoms with E-state index in [4.69, 9.17) is 11.6 Å². The van der Waals surface area contributed by atoms with Crippen LogP contribution in [0.3, 0.4) is 0 Å². The molecule has 0 aliphatic heterocycles. The summed E-state index contributed by atoms with van der Waals surface area (Å²) >= 11 is 5.55. The van der Waals surface area contributed by atoms with Crippen LogP contribution in [0.2, 0.25) is 0 Å². The van der Waals surface area contributed by atoms with Crippen LogP contribution in [-0.4, -0.2) is 19.0 Å². The number of ether oxygens (including phenoxy) is 1. The number of hydrogen-bond donors (Lipinski definition) is 0. The molecular weight excluding hydrogens is 269 g/mol. The van der Waals surface area contributed by atoms with Crippen LogP contribution in [0.4, 0.5) is 13.2 Å². The van der Waals surface area contributed by atoms with E-state index in [9.17, 15) is 18.0 Å². The summed E-state index contributed by atoms with van der Waals surface area (Å²) in [5.41, 5.74) is -0.117. The minimum Gasteiger partial charge on any atom is -0.466 e. The topological polar surface area (TPSA) is 26.3 Å². The average molecular weight is 279 g/mol. The minimum atomic E-state index is -4.38. The largest absolute Gasteiger partial charge is 0.466 e. The third kappa shape index (κ3) is 3.77. The van der Waals surface area contributed by atoms with Crippen molar-refractivity contribution in [2.24, 2.45) is 0 Å². The third-order valence-electron chi connectivity index (χ3n) is 2.17. The van der Waals surface area contributed by atoms with E-state index < -0.39 is 17.7 Å². The van der Waals surface area contributed by atoms with Crippen LogP contribution in [-0.2, 0) is 15.7 Å². The summed E-state index contributed by atoms with van der Waals surface area (Å²) in [5, 5.41) is 0. The fourth-order valence-corrected chi connectivity index (χ4v) is 1.44. The first-order chi connectivity index (χ1) is 8.38. The number of methoxy groups -OCH3 is 1. The first kappa shape index (κ1) is 14.6. The number of benzene rings is 1. The fraction of sp³-hybridized carbons (Fsp3) is 0.250. The molecular formula is C12H10ClF3O2. The smallest absolute Gasteiger partial charge is 0.416 e. The second kappa shape index (κ2) is 5.91. The molecule has 0 saturated carbocycles. The van der Waals surface area contributed by atoms with Crippen LogP contribution in [0.1, 0.15) is 11.1 Å². The van der Waals surface area contributed by atoms with Crippen LogP contribution < -0.4 is 0 Å². The van der Waals surface area contributed by atoms with Gasteiger partial charge >= 0.3 is 12.1 Å². The van der Waals surface area contributed by atoms with Gasteiger partial charge < -0.3 is 4.74 Å². The SMILES string of the molecule is COC(=O)/C(=C/c1ccc(C(F)(F)F)cc1)CCl. The number of halogens is 4. The van der Waals surface area contributed by atoms with E-state index in [-0.39, 0.29) is 11.5 Å². The molecule has 0 aliphatic rings. The molecule has 2 nitrogen and oxygen atoms in total. The van der Waals surface area contributed by atoms with E-state index in [1.165, 1.54) is 25.3 Å². The van der Waals surface area contributed by atoms with Crippen LogP contribution >= 0.6 is 11.6 Å². The van der Waals surface area contributed by atoms with Crippen molar-refractivity contribution in [3.63, 3.8) is 0 Å². The highest BCUT2D eigenvalue weighted by Gasteiger charge is 2.29. The Hall–Kier alpha value is -1.49. The lowest BCUT2D eigenvalue weighted by atomic mass is 10.1. The molecule has 1 aromatic rings. The number of hydrogen-bond acceptors (Lipinski definition) is 2. The summed E-state index contributed by atoms with van der Waals surface area (Å²) < 4.78 is 41.4. The summed E-state index contributed by atoms with van der Waals surface area (Å²) in [7, 11) is 1.20. The summed E-state index contributed by atoms with van der Waals surface area (Å²) in [5.74, 6) is -0.682. The Balaban J connectivity index is 2.98. The normalized spacial score (nSPS) is 12.4. The van der Waals surface area contributed by atoms with E-state index in [2.05, 4.69) is 4.74 Å². The maximum atomic E-state index is 12.3. The minimum absolute atomic E-state index is 0.0757. The summed E-state index contributed by atoms with van der Waals surface area (Å²) in [4.78, 5) is 11.2. The van der Waals surface area contributed by atoms with E-state index in [1.54, 1.807) is 0 Å². The van der Waals surface area contributed by atoms with Crippen LogP contribution in [0.25, 0.3) is 6.08 Å². The molecule has 0 radical (unpaired) electrons. The van der Waals surface area contributed by atoms with Gasteiger partial charge in [-0.25, -0.2) is 4.79 Å². The lowest BCUT2D eigenvalue weighted by Gasteiger charge is -2.06. The van der Waals surface area contributed by atoms with E-state index in [0.29, 0.717) is 5.56 Å². The monoisotopic (exact) mass is 278 g/mol. The Labute approximate surface area is 107 Å². The van der Waals surface area contributed by atoms with Crippen LogP contribution in [0.5, 0.6) is 0 Å². The number of carbonyl (C=O) groups is 1. The maximum Gasteiger partial charge on any atom is 0.416 e. The van der Waals surface area contributed by atoms with Crippen molar-refractivity contribution in [3.8, 4) is 0 Å². The molecule has 98 valence electrons. The molecule has 0 amide bonds. The average Bonchev–Trinajstić information content (AvgIpc) is 2.34. The number of esters is 1. The standard InChI is InChI=1S/C12H10ClF3O2/c1-18-11(17)9(7-13)6-8-2-4-10(5-3-8)12(14,15)16/h2-6H,7H2,1H3/b9-6+. The Kier molecular flexibility index (Phi) is 4.78. The predicted molar refractivity (Wildman–Crippen MR) is 62.2 cm³/mol. The zero-order chi connectivity index (χ0) is 13.8. The highest BCUT2D eigenvalue weighted by atomic mass is 35.5. The van der Waals surface area contributed by atoms with Gasteiger partial charge in [0, 0.05) is 0 Å². The predicted octanol–water partition coefficient (Wildman–Crippen LogP) is 3.50. The molecule has 0 heterocycles. The maximum absolute atomic E-state index is 12.3. The van der Waals surface area contributed by atoms with Gasteiger partial charge in [-0.05, 0) is 23.8 Å². The first-order valence-corrected chi connectivity index (χ1v) is 5.44. The molecule has 0 bridgehead atoms. The van der Waals surface area contributed by atoms with Crippen molar-refractivity contribution in [1.82, 2.24) is 0 Å². The van der Waals surface area contributed by atoms with Crippen molar-refractivity contribution in [2.75, 3.05) is 13.0 Å².